The Morgan fingerprint density at radius 2 is 1.80 bits per heavy atom. The molecule has 1 spiro atoms. The summed E-state index contributed by atoms with van der Waals surface area (Å²) in [5, 5.41) is 10.3. The van der Waals surface area contributed by atoms with Crippen LogP contribution in [0.15, 0.2) is 48.6 Å². The predicted molar refractivity (Wildman–Crippen MR) is 162 cm³/mol. The largest absolute Gasteiger partial charge is 0.494 e. The molecule has 4 aliphatic rings. The van der Waals surface area contributed by atoms with Crippen LogP contribution in [0, 0.1) is 17.8 Å². The number of nitrogens with zero attached hydrogens (tertiary/aromatic N) is 3. The quantitative estimate of drug-likeness (QED) is 0.422. The van der Waals surface area contributed by atoms with Crippen molar-refractivity contribution in [1.82, 2.24) is 9.80 Å². The van der Waals surface area contributed by atoms with E-state index < -0.39 is 28.7 Å². The summed E-state index contributed by atoms with van der Waals surface area (Å²) in [7, 11) is 0. The van der Waals surface area contributed by atoms with Crippen molar-refractivity contribution in [2.75, 3.05) is 37.7 Å². The third-order valence-corrected chi connectivity index (χ3v) is 10.5. The molecule has 3 amide bonds. The number of likely N-dealkylation sites (tertiary alicyclic amines) is 1. The first kappa shape index (κ1) is 29.7. The summed E-state index contributed by atoms with van der Waals surface area (Å²) < 4.78 is 4.71. The van der Waals surface area contributed by atoms with Gasteiger partial charge in [-0.3, -0.25) is 14.4 Å². The summed E-state index contributed by atoms with van der Waals surface area (Å²) in [4.78, 5) is 48.6. The van der Waals surface area contributed by atoms with Gasteiger partial charge in [0.1, 0.15) is 11.8 Å². The van der Waals surface area contributed by atoms with E-state index in [-0.39, 0.29) is 35.5 Å². The molecular formula is C32H43N3O5S. The zero-order chi connectivity index (χ0) is 29.3. The van der Waals surface area contributed by atoms with Crippen molar-refractivity contribution in [3.8, 4) is 5.75 Å². The zero-order valence-electron chi connectivity index (χ0n) is 24.6. The molecule has 5 rings (SSSR count). The highest BCUT2D eigenvalue weighted by Crippen LogP contribution is 2.61. The second kappa shape index (κ2) is 12.2. The molecule has 0 aromatic heterocycles. The van der Waals surface area contributed by atoms with Gasteiger partial charge in [0.25, 0.3) is 0 Å². The van der Waals surface area contributed by atoms with Gasteiger partial charge in [-0.1, -0.05) is 51.5 Å². The second-order valence-corrected chi connectivity index (χ2v) is 13.4. The molecule has 2 fully saturated rings. The van der Waals surface area contributed by atoms with Crippen LogP contribution in [0.4, 0.5) is 5.69 Å². The van der Waals surface area contributed by atoms with E-state index in [1.165, 1.54) is 0 Å². The Labute approximate surface area is 247 Å². The molecule has 6 atom stereocenters. The molecule has 222 valence electrons. The van der Waals surface area contributed by atoms with E-state index in [0.29, 0.717) is 32.7 Å². The van der Waals surface area contributed by atoms with Crippen LogP contribution in [-0.4, -0.2) is 87.6 Å². The molecule has 0 radical (unpaired) electrons. The van der Waals surface area contributed by atoms with Crippen LogP contribution in [0.3, 0.4) is 0 Å². The maximum Gasteiger partial charge on any atom is 0.247 e. The van der Waals surface area contributed by atoms with Crippen LogP contribution in [0.25, 0.3) is 0 Å². The van der Waals surface area contributed by atoms with E-state index in [1.807, 2.05) is 48.2 Å². The highest BCUT2D eigenvalue weighted by atomic mass is 32.2. The Kier molecular flexibility index (Phi) is 8.85. The molecule has 1 aromatic rings. The van der Waals surface area contributed by atoms with Gasteiger partial charge in [-0.2, -0.15) is 0 Å². The fraction of sp³-hybridized carbons (Fsp3) is 0.594. The van der Waals surface area contributed by atoms with Gasteiger partial charge < -0.3 is 24.5 Å². The van der Waals surface area contributed by atoms with Gasteiger partial charge in [-0.05, 0) is 49.9 Å². The number of thioether (sulfide) groups is 1. The van der Waals surface area contributed by atoms with Crippen molar-refractivity contribution >= 4 is 35.2 Å². The molecule has 9 heteroatoms. The lowest BCUT2D eigenvalue weighted by molar-refractivity contribution is -0.146. The Morgan fingerprint density at radius 3 is 2.46 bits per heavy atom. The van der Waals surface area contributed by atoms with E-state index in [4.69, 9.17) is 4.74 Å². The van der Waals surface area contributed by atoms with Crippen LogP contribution >= 0.6 is 11.8 Å². The predicted octanol–water partition coefficient (Wildman–Crippen LogP) is 3.89. The fourth-order valence-electron chi connectivity index (χ4n) is 7.01. The fourth-order valence-corrected chi connectivity index (χ4v) is 9.00. The van der Waals surface area contributed by atoms with E-state index in [1.54, 1.807) is 21.6 Å². The Balaban J connectivity index is 1.56. The van der Waals surface area contributed by atoms with Crippen LogP contribution in [-0.2, 0) is 14.4 Å². The van der Waals surface area contributed by atoms with Crippen molar-refractivity contribution in [3.05, 3.63) is 48.6 Å². The van der Waals surface area contributed by atoms with Gasteiger partial charge >= 0.3 is 0 Å². The van der Waals surface area contributed by atoms with E-state index in [9.17, 15) is 19.5 Å². The number of carbonyl (C=O) groups is 3. The number of carbonyl (C=O) groups excluding carboxylic acids is 3. The number of fused-ring (bicyclic) bond motifs is 2. The Morgan fingerprint density at radius 1 is 1.05 bits per heavy atom. The molecular weight excluding hydrogens is 538 g/mol. The van der Waals surface area contributed by atoms with Crippen LogP contribution in [0.2, 0.25) is 0 Å². The molecule has 1 aromatic carbocycles. The van der Waals surface area contributed by atoms with Gasteiger partial charge in [-0.15, -0.1) is 11.8 Å². The number of amides is 3. The third kappa shape index (κ3) is 5.20. The van der Waals surface area contributed by atoms with Crippen molar-refractivity contribution in [2.45, 2.75) is 69.0 Å². The Hall–Kier alpha value is -2.78. The maximum atomic E-state index is 14.6. The number of aliphatic hydroxyl groups excluding tert-OH is 1. The summed E-state index contributed by atoms with van der Waals surface area (Å²) in [5.74, 6) is -0.738. The molecule has 4 heterocycles. The number of hydrogen-bond acceptors (Lipinski definition) is 6. The average Bonchev–Trinajstić information content (AvgIpc) is 3.28. The zero-order valence-corrected chi connectivity index (χ0v) is 25.4. The first-order valence-electron chi connectivity index (χ1n) is 15.1. The minimum absolute atomic E-state index is 0.0785. The Bertz CT molecular complexity index is 1200. The normalized spacial score (nSPS) is 29.9. The smallest absolute Gasteiger partial charge is 0.247 e. The molecule has 2 saturated heterocycles. The maximum absolute atomic E-state index is 14.6. The highest BCUT2D eigenvalue weighted by molar-refractivity contribution is 8.02. The average molecular weight is 582 g/mol. The first-order chi connectivity index (χ1) is 19.8. The van der Waals surface area contributed by atoms with E-state index in [0.717, 1.165) is 24.3 Å². The van der Waals surface area contributed by atoms with Crippen molar-refractivity contribution in [3.63, 3.8) is 0 Å². The van der Waals surface area contributed by atoms with E-state index in [2.05, 4.69) is 32.9 Å². The molecule has 0 saturated carbocycles. The van der Waals surface area contributed by atoms with Gasteiger partial charge in [0.15, 0.2) is 0 Å². The number of unbranched alkanes of at least 4 members (excludes halogenated alkanes) is 1. The monoisotopic (exact) mass is 581 g/mol. The molecule has 41 heavy (non-hydrogen) atoms. The summed E-state index contributed by atoms with van der Waals surface area (Å²) >= 11 is 1.58. The van der Waals surface area contributed by atoms with Crippen molar-refractivity contribution < 1.29 is 24.2 Å². The molecule has 1 N–H and O–H groups in total. The van der Waals surface area contributed by atoms with Gasteiger partial charge in [-0.25, -0.2) is 0 Å². The lowest BCUT2D eigenvalue weighted by Gasteiger charge is -2.39. The van der Waals surface area contributed by atoms with Gasteiger partial charge in [0.2, 0.25) is 17.7 Å². The lowest BCUT2D eigenvalue weighted by Crippen LogP contribution is -2.56. The number of anilines is 1. The number of benzene rings is 1. The van der Waals surface area contributed by atoms with Crippen molar-refractivity contribution in [2.24, 2.45) is 17.8 Å². The molecule has 0 aliphatic carbocycles. The molecule has 0 bridgehead atoms. The molecule has 8 nitrogen and oxygen atoms in total. The summed E-state index contributed by atoms with van der Waals surface area (Å²) in [6, 6.07) is 6.23. The lowest BCUT2D eigenvalue weighted by atomic mass is 9.78. The van der Waals surface area contributed by atoms with Crippen LogP contribution < -0.4 is 9.64 Å². The number of ether oxygens (including phenoxy) is 1. The number of aliphatic hydroxyl groups is 1. The van der Waals surface area contributed by atoms with Gasteiger partial charge in [0.05, 0.1) is 35.8 Å². The van der Waals surface area contributed by atoms with E-state index >= 15 is 0 Å². The van der Waals surface area contributed by atoms with Crippen molar-refractivity contribution in [1.29, 1.82) is 0 Å². The molecule has 1 unspecified atom stereocenters. The minimum atomic E-state index is -0.878. The third-order valence-electron chi connectivity index (χ3n) is 8.77. The summed E-state index contributed by atoms with van der Waals surface area (Å²) in [6.07, 6.45) is 10.5. The highest BCUT2D eigenvalue weighted by Gasteiger charge is 2.71. The molecule has 4 aliphatic heterocycles. The van der Waals surface area contributed by atoms with Crippen LogP contribution in [0.1, 0.15) is 47.0 Å². The number of hydrogen-bond donors (Lipinski definition) is 1. The first-order valence-corrected chi connectivity index (χ1v) is 15.9. The second-order valence-electron chi connectivity index (χ2n) is 11.9. The van der Waals surface area contributed by atoms with Gasteiger partial charge in [0, 0.05) is 30.6 Å². The van der Waals surface area contributed by atoms with Crippen LogP contribution in [0.5, 0.6) is 5.75 Å². The SMILES string of the molecule is CCCCN1CC=C[C@]23S[C@@H]4C=CCN(c5ccc(OCC)cc5)C(=O)[C@@H]4[C@H]2C(=O)N([C@@H](CO)CC(C)C)C3C1=O. The summed E-state index contributed by atoms with van der Waals surface area (Å²) in [5.41, 5.74) is 0.750. The number of rotatable bonds is 10. The minimum Gasteiger partial charge on any atom is -0.494 e. The summed E-state index contributed by atoms with van der Waals surface area (Å²) in [6.45, 7) is 9.99. The standard InChI is InChI=1S/C32H43N3O5S/c1-5-7-16-33-17-9-15-32-27(30(38)35(28(32)31(33)39)23(20-36)19-21(3)4)26-25(41-32)10-8-18-34(29(26)37)22-11-13-24(14-12-22)40-6-2/h8-15,21,23,25-28,36H,5-7,16-20H2,1-4H3/t23-,25-,26+,27+,28?,32+/m1/s1. The topological polar surface area (TPSA) is 90.4 Å².